The molecule has 0 radical (unpaired) electrons. The van der Waals surface area contributed by atoms with E-state index in [1.165, 1.54) is 4.90 Å². The maximum Gasteiger partial charge on any atom is 0.268 e. The number of rotatable bonds is 6. The topological polar surface area (TPSA) is 100 Å². The number of benzene rings is 2. The largest absolute Gasteiger partial charge is 0.354 e. The minimum Gasteiger partial charge on any atom is -0.354 e. The predicted octanol–water partition coefficient (Wildman–Crippen LogP) is 4.77. The zero-order chi connectivity index (χ0) is 26.4. The van der Waals surface area contributed by atoms with E-state index in [0.29, 0.717) is 33.3 Å². The molecule has 2 N–H and O–H groups in total. The van der Waals surface area contributed by atoms with E-state index in [9.17, 15) is 14.4 Å². The minimum absolute atomic E-state index is 0.0175. The SMILES string of the molecule is O=C(N[C@@H](Cc1cccc(Cl)c1)CN1C(=O)c2ccccc2C1=O)c1cc2c([nH]1)CCCn1ncc(Cl)c1-2. The van der Waals surface area contributed by atoms with Crippen molar-refractivity contribution in [3.63, 3.8) is 0 Å². The van der Waals surface area contributed by atoms with Crippen LogP contribution in [0.3, 0.4) is 0 Å². The molecule has 0 spiro atoms. The van der Waals surface area contributed by atoms with Crippen LogP contribution in [0, 0.1) is 0 Å². The van der Waals surface area contributed by atoms with Gasteiger partial charge in [0.1, 0.15) is 5.69 Å². The second-order valence-corrected chi connectivity index (χ2v) is 10.4. The predicted molar refractivity (Wildman–Crippen MR) is 144 cm³/mol. The fourth-order valence-corrected chi connectivity index (χ4v) is 5.69. The van der Waals surface area contributed by atoms with Crippen LogP contribution >= 0.6 is 23.2 Å². The van der Waals surface area contributed by atoms with Crippen LogP contribution in [0.4, 0.5) is 0 Å². The number of carbonyl (C=O) groups is 3. The Morgan fingerprint density at radius 2 is 1.79 bits per heavy atom. The third-order valence-electron chi connectivity index (χ3n) is 6.98. The van der Waals surface area contributed by atoms with Crippen molar-refractivity contribution in [3.8, 4) is 11.3 Å². The summed E-state index contributed by atoms with van der Waals surface area (Å²) < 4.78 is 1.86. The van der Waals surface area contributed by atoms with Gasteiger partial charge in [-0.2, -0.15) is 5.10 Å². The summed E-state index contributed by atoms with van der Waals surface area (Å²) in [6.45, 7) is 0.762. The number of fused-ring (bicyclic) bond motifs is 4. The molecule has 0 unspecified atom stereocenters. The molecular weight excluding hydrogens is 525 g/mol. The molecule has 4 heterocycles. The highest BCUT2D eigenvalue weighted by molar-refractivity contribution is 6.33. The Labute approximate surface area is 228 Å². The van der Waals surface area contributed by atoms with E-state index < -0.39 is 6.04 Å². The van der Waals surface area contributed by atoms with E-state index in [-0.39, 0.29) is 24.3 Å². The number of H-pyrrole nitrogens is 1. The Hall–Kier alpha value is -3.88. The molecule has 2 aliphatic rings. The number of amides is 3. The van der Waals surface area contributed by atoms with Crippen LogP contribution in [-0.2, 0) is 19.4 Å². The Morgan fingerprint density at radius 1 is 1.03 bits per heavy atom. The van der Waals surface area contributed by atoms with E-state index in [0.717, 1.165) is 41.9 Å². The van der Waals surface area contributed by atoms with E-state index in [1.807, 2.05) is 22.9 Å². The van der Waals surface area contributed by atoms with Crippen LogP contribution < -0.4 is 5.32 Å². The van der Waals surface area contributed by atoms with E-state index in [2.05, 4.69) is 15.4 Å². The van der Waals surface area contributed by atoms with Gasteiger partial charge in [-0.3, -0.25) is 24.0 Å². The Morgan fingerprint density at radius 3 is 2.53 bits per heavy atom. The molecule has 192 valence electrons. The number of imide groups is 1. The molecule has 0 aliphatic carbocycles. The molecule has 3 amide bonds. The normalized spacial score (nSPS) is 15.1. The maximum atomic E-state index is 13.5. The van der Waals surface area contributed by atoms with Crippen LogP contribution in [0.1, 0.15) is 48.9 Å². The van der Waals surface area contributed by atoms with Crippen LogP contribution in [0.2, 0.25) is 10.0 Å². The number of nitrogens with one attached hydrogen (secondary N) is 2. The molecule has 8 nitrogen and oxygen atoms in total. The molecule has 0 bridgehead atoms. The summed E-state index contributed by atoms with van der Waals surface area (Å²) in [5, 5.41) is 8.48. The van der Waals surface area contributed by atoms with Crippen molar-refractivity contribution in [3.05, 3.63) is 98.9 Å². The maximum absolute atomic E-state index is 13.5. The van der Waals surface area contributed by atoms with Gasteiger partial charge in [0, 0.05) is 29.4 Å². The number of aromatic amines is 1. The number of aromatic nitrogens is 3. The first-order chi connectivity index (χ1) is 18.4. The summed E-state index contributed by atoms with van der Waals surface area (Å²) >= 11 is 12.6. The van der Waals surface area contributed by atoms with Crippen LogP contribution in [0.5, 0.6) is 0 Å². The first-order valence-corrected chi connectivity index (χ1v) is 13.1. The molecule has 0 saturated carbocycles. The highest BCUT2D eigenvalue weighted by Gasteiger charge is 2.37. The van der Waals surface area contributed by atoms with Crippen molar-refractivity contribution in [2.24, 2.45) is 0 Å². The molecule has 10 heteroatoms. The van der Waals surface area contributed by atoms with Crippen LogP contribution in [0.25, 0.3) is 11.3 Å². The molecule has 6 rings (SSSR count). The first-order valence-electron chi connectivity index (χ1n) is 12.3. The lowest BCUT2D eigenvalue weighted by Gasteiger charge is -2.24. The third-order valence-corrected chi connectivity index (χ3v) is 7.49. The van der Waals surface area contributed by atoms with Gasteiger partial charge < -0.3 is 10.3 Å². The van der Waals surface area contributed by atoms with Gasteiger partial charge in [0.05, 0.1) is 34.1 Å². The van der Waals surface area contributed by atoms with Crippen LogP contribution in [-0.4, -0.2) is 50.0 Å². The lowest BCUT2D eigenvalue weighted by molar-refractivity contribution is 0.0628. The number of aryl methyl sites for hydroxylation is 2. The van der Waals surface area contributed by atoms with E-state index in [1.54, 1.807) is 42.6 Å². The molecular formula is C28H23Cl2N5O3. The quantitative estimate of drug-likeness (QED) is 0.339. The Bertz CT molecular complexity index is 1560. The van der Waals surface area contributed by atoms with Crippen LogP contribution in [0.15, 0.2) is 60.8 Å². The van der Waals surface area contributed by atoms with Crippen molar-refractivity contribution in [2.75, 3.05) is 6.54 Å². The zero-order valence-electron chi connectivity index (χ0n) is 20.2. The lowest BCUT2D eigenvalue weighted by atomic mass is 10.0. The fourth-order valence-electron chi connectivity index (χ4n) is 5.23. The molecule has 2 aromatic carbocycles. The van der Waals surface area contributed by atoms with Crippen molar-refractivity contribution in [1.29, 1.82) is 0 Å². The van der Waals surface area contributed by atoms with Gasteiger partial charge in [0.15, 0.2) is 0 Å². The molecule has 4 aromatic rings. The van der Waals surface area contributed by atoms with Crippen molar-refractivity contribution >= 4 is 40.9 Å². The van der Waals surface area contributed by atoms with E-state index in [4.69, 9.17) is 23.2 Å². The van der Waals surface area contributed by atoms with Gasteiger partial charge in [-0.1, -0.05) is 47.5 Å². The number of hydrogen-bond acceptors (Lipinski definition) is 4. The summed E-state index contributed by atoms with van der Waals surface area (Å²) in [4.78, 5) is 44.0. The molecule has 1 atom stereocenters. The summed E-state index contributed by atoms with van der Waals surface area (Å²) in [5.74, 6) is -1.08. The number of carbonyl (C=O) groups excluding carboxylic acids is 3. The highest BCUT2D eigenvalue weighted by atomic mass is 35.5. The van der Waals surface area contributed by atoms with E-state index >= 15 is 0 Å². The van der Waals surface area contributed by atoms with Crippen molar-refractivity contribution in [2.45, 2.75) is 31.8 Å². The van der Waals surface area contributed by atoms with Gasteiger partial charge in [0.25, 0.3) is 17.7 Å². The summed E-state index contributed by atoms with van der Waals surface area (Å²) in [7, 11) is 0. The average molecular weight is 548 g/mol. The highest BCUT2D eigenvalue weighted by Crippen LogP contribution is 2.34. The number of hydrogen-bond donors (Lipinski definition) is 2. The molecule has 2 aliphatic heterocycles. The third kappa shape index (κ3) is 4.40. The molecule has 0 saturated heterocycles. The van der Waals surface area contributed by atoms with Crippen molar-refractivity contribution < 1.29 is 14.4 Å². The van der Waals surface area contributed by atoms with Gasteiger partial charge in [-0.15, -0.1) is 0 Å². The lowest BCUT2D eigenvalue weighted by Crippen LogP contribution is -2.47. The second kappa shape index (κ2) is 9.78. The average Bonchev–Trinajstić information content (AvgIpc) is 3.51. The Balaban J connectivity index is 1.28. The second-order valence-electron chi connectivity index (χ2n) is 9.51. The standard InChI is InChI=1S/C28H23Cl2N5O3/c29-17-6-3-5-16(11-17)12-18(15-34-27(37)19-7-1-2-8-20(19)28(34)38)32-26(36)24-13-21-23(33-24)9-4-10-35-25(21)22(30)14-31-35/h1-3,5-8,11,13-14,18,33H,4,9-10,12,15H2,(H,32,36)/t18-/m0/s1. The monoisotopic (exact) mass is 547 g/mol. The summed E-state index contributed by atoms with van der Waals surface area (Å²) in [6, 6.07) is 15.3. The van der Waals surface area contributed by atoms with Gasteiger partial charge in [-0.05, 0) is 55.2 Å². The summed E-state index contributed by atoms with van der Waals surface area (Å²) in [5.41, 5.74) is 4.54. The van der Waals surface area contributed by atoms with Gasteiger partial charge >= 0.3 is 0 Å². The first kappa shape index (κ1) is 24.5. The smallest absolute Gasteiger partial charge is 0.268 e. The minimum atomic E-state index is -0.555. The Kier molecular flexibility index (Phi) is 6.29. The summed E-state index contributed by atoms with van der Waals surface area (Å²) in [6.07, 6.45) is 3.60. The molecule has 0 fully saturated rings. The van der Waals surface area contributed by atoms with Gasteiger partial charge in [-0.25, -0.2) is 0 Å². The van der Waals surface area contributed by atoms with Crippen molar-refractivity contribution in [1.82, 2.24) is 25.0 Å². The molecule has 2 aromatic heterocycles. The van der Waals surface area contributed by atoms with Gasteiger partial charge in [0.2, 0.25) is 0 Å². The number of nitrogens with zero attached hydrogens (tertiary/aromatic N) is 3. The number of halogens is 2. The molecule has 38 heavy (non-hydrogen) atoms. The zero-order valence-corrected chi connectivity index (χ0v) is 21.7. The fraction of sp³-hybridized carbons (Fsp3) is 0.214.